The van der Waals surface area contributed by atoms with E-state index in [2.05, 4.69) is 46.3 Å². The van der Waals surface area contributed by atoms with Crippen LogP contribution in [0.1, 0.15) is 29.8 Å². The molecular formula is C22H28N6O2. The lowest BCUT2D eigenvalue weighted by Crippen LogP contribution is -2.48. The van der Waals surface area contributed by atoms with Gasteiger partial charge in [0.2, 0.25) is 5.89 Å². The molecule has 0 amide bonds. The van der Waals surface area contributed by atoms with Gasteiger partial charge in [0.1, 0.15) is 18.1 Å². The number of morpholine rings is 1. The van der Waals surface area contributed by atoms with E-state index in [9.17, 15) is 0 Å². The van der Waals surface area contributed by atoms with Crippen molar-refractivity contribution < 1.29 is 9.15 Å². The number of nitrogens with zero attached hydrogens (tertiary/aromatic N) is 5. The molecule has 30 heavy (non-hydrogen) atoms. The van der Waals surface area contributed by atoms with Crippen molar-refractivity contribution in [3.8, 4) is 11.5 Å². The fourth-order valence-electron chi connectivity index (χ4n) is 3.44. The lowest BCUT2D eigenvalue weighted by Gasteiger charge is -2.34. The van der Waals surface area contributed by atoms with Crippen LogP contribution in [0.15, 0.2) is 52.3 Å². The van der Waals surface area contributed by atoms with Gasteiger partial charge >= 0.3 is 0 Å². The van der Waals surface area contributed by atoms with E-state index in [4.69, 9.17) is 14.1 Å². The van der Waals surface area contributed by atoms with E-state index in [1.165, 1.54) is 5.56 Å². The maximum atomic E-state index is 5.95. The van der Waals surface area contributed by atoms with Crippen molar-refractivity contribution in [3.63, 3.8) is 0 Å². The molecule has 158 valence electrons. The molecule has 1 N–H and O–H groups in total. The summed E-state index contributed by atoms with van der Waals surface area (Å²) in [6, 6.07) is 8.14. The Morgan fingerprint density at radius 3 is 2.87 bits per heavy atom. The number of ether oxygens (including phenoxy) is 1. The number of hydrogen-bond donors (Lipinski definition) is 1. The minimum absolute atomic E-state index is 0.0171. The van der Waals surface area contributed by atoms with E-state index in [1.807, 2.05) is 31.6 Å². The van der Waals surface area contributed by atoms with Crippen LogP contribution in [0.3, 0.4) is 0 Å². The zero-order valence-electron chi connectivity index (χ0n) is 17.7. The average molecular weight is 409 g/mol. The van der Waals surface area contributed by atoms with E-state index in [0.29, 0.717) is 19.0 Å². The molecule has 0 aliphatic carbocycles. The molecule has 1 fully saturated rings. The normalized spacial score (nSPS) is 17.4. The highest BCUT2D eigenvalue weighted by Crippen LogP contribution is 2.22. The van der Waals surface area contributed by atoms with Gasteiger partial charge < -0.3 is 19.4 Å². The Bertz CT molecular complexity index is 991. The predicted octanol–water partition coefficient (Wildman–Crippen LogP) is 2.92. The molecule has 1 saturated heterocycles. The highest BCUT2D eigenvalue weighted by atomic mass is 16.5. The van der Waals surface area contributed by atoms with Gasteiger partial charge in [0.05, 0.1) is 25.9 Å². The van der Waals surface area contributed by atoms with Crippen molar-refractivity contribution >= 4 is 5.96 Å². The zero-order chi connectivity index (χ0) is 20.9. The fourth-order valence-corrected chi connectivity index (χ4v) is 3.44. The summed E-state index contributed by atoms with van der Waals surface area (Å²) in [7, 11) is 1.92. The molecule has 1 unspecified atom stereocenters. The molecule has 2 aromatic heterocycles. The smallest absolute Gasteiger partial charge is 0.226 e. The van der Waals surface area contributed by atoms with Crippen LogP contribution in [-0.2, 0) is 18.3 Å². The van der Waals surface area contributed by atoms with E-state index in [-0.39, 0.29) is 6.10 Å². The van der Waals surface area contributed by atoms with Gasteiger partial charge in [-0.3, -0.25) is 4.68 Å². The molecule has 0 spiro atoms. The average Bonchev–Trinajstić information content (AvgIpc) is 3.41. The second kappa shape index (κ2) is 9.13. The predicted molar refractivity (Wildman–Crippen MR) is 115 cm³/mol. The first kappa shape index (κ1) is 20.2. The number of aromatic nitrogens is 3. The van der Waals surface area contributed by atoms with E-state index in [0.717, 1.165) is 42.4 Å². The SMILES string of the molecule is CCNC(=NCc1coc(-c2ccc(C)cc2)n1)N1CCOC(c2cnn(C)c2)C1. The van der Waals surface area contributed by atoms with Gasteiger partial charge in [-0.2, -0.15) is 5.10 Å². The first-order valence-electron chi connectivity index (χ1n) is 10.3. The molecule has 3 heterocycles. The maximum absolute atomic E-state index is 5.95. The van der Waals surface area contributed by atoms with Crippen LogP contribution >= 0.6 is 0 Å². The lowest BCUT2D eigenvalue weighted by atomic mass is 10.1. The summed E-state index contributed by atoms with van der Waals surface area (Å²) < 4.78 is 13.4. The first-order valence-corrected chi connectivity index (χ1v) is 10.3. The Labute approximate surface area is 176 Å². The van der Waals surface area contributed by atoms with Crippen molar-refractivity contribution in [1.82, 2.24) is 25.0 Å². The molecule has 0 saturated carbocycles. The van der Waals surface area contributed by atoms with Crippen LogP contribution in [0.4, 0.5) is 0 Å². The van der Waals surface area contributed by atoms with Gasteiger partial charge in [-0.25, -0.2) is 9.98 Å². The molecule has 0 radical (unpaired) electrons. The van der Waals surface area contributed by atoms with Crippen LogP contribution in [-0.4, -0.2) is 51.9 Å². The molecule has 8 heteroatoms. The summed E-state index contributed by atoms with van der Waals surface area (Å²) in [6.45, 7) is 7.53. The van der Waals surface area contributed by atoms with Crippen molar-refractivity contribution in [2.45, 2.75) is 26.5 Å². The van der Waals surface area contributed by atoms with E-state index < -0.39 is 0 Å². The van der Waals surface area contributed by atoms with Gasteiger partial charge in [-0.05, 0) is 26.0 Å². The quantitative estimate of drug-likeness (QED) is 0.516. The minimum Gasteiger partial charge on any atom is -0.444 e. The maximum Gasteiger partial charge on any atom is 0.226 e. The van der Waals surface area contributed by atoms with Crippen molar-refractivity contribution in [1.29, 1.82) is 0 Å². The number of nitrogens with one attached hydrogen (secondary N) is 1. The topological polar surface area (TPSA) is 80.7 Å². The van der Waals surface area contributed by atoms with Gasteiger partial charge in [-0.15, -0.1) is 0 Å². The zero-order valence-corrected chi connectivity index (χ0v) is 17.7. The van der Waals surface area contributed by atoms with Gasteiger partial charge in [0.15, 0.2) is 5.96 Å². The van der Waals surface area contributed by atoms with Crippen LogP contribution in [0, 0.1) is 6.92 Å². The molecule has 4 rings (SSSR count). The van der Waals surface area contributed by atoms with Gasteiger partial charge in [0, 0.05) is 37.5 Å². The fraction of sp³-hybridized carbons (Fsp3) is 0.409. The summed E-state index contributed by atoms with van der Waals surface area (Å²) in [5.41, 5.74) is 4.06. The Morgan fingerprint density at radius 2 is 2.13 bits per heavy atom. The molecule has 1 aliphatic rings. The Morgan fingerprint density at radius 1 is 1.30 bits per heavy atom. The van der Waals surface area contributed by atoms with Crippen molar-refractivity contribution in [3.05, 3.63) is 59.7 Å². The molecule has 1 aliphatic heterocycles. The number of oxazole rings is 1. The van der Waals surface area contributed by atoms with Crippen LogP contribution in [0.5, 0.6) is 0 Å². The first-order chi connectivity index (χ1) is 14.6. The third kappa shape index (κ3) is 4.71. The van der Waals surface area contributed by atoms with Gasteiger partial charge in [0.25, 0.3) is 0 Å². The highest BCUT2D eigenvalue weighted by molar-refractivity contribution is 5.80. The number of hydrogen-bond acceptors (Lipinski definition) is 5. The second-order valence-corrected chi connectivity index (χ2v) is 7.43. The minimum atomic E-state index is -0.0171. The number of benzene rings is 1. The number of guanidine groups is 1. The largest absolute Gasteiger partial charge is 0.444 e. The highest BCUT2D eigenvalue weighted by Gasteiger charge is 2.25. The van der Waals surface area contributed by atoms with E-state index >= 15 is 0 Å². The Hall–Kier alpha value is -3.13. The second-order valence-electron chi connectivity index (χ2n) is 7.43. The molecule has 8 nitrogen and oxygen atoms in total. The molecular weight excluding hydrogens is 380 g/mol. The number of aliphatic imine (C=N–C) groups is 1. The van der Waals surface area contributed by atoms with Crippen molar-refractivity contribution in [2.24, 2.45) is 12.0 Å². The Kier molecular flexibility index (Phi) is 6.13. The lowest BCUT2D eigenvalue weighted by molar-refractivity contribution is -0.00805. The molecule has 3 aromatic rings. The summed E-state index contributed by atoms with van der Waals surface area (Å²) in [5.74, 6) is 1.47. The van der Waals surface area contributed by atoms with Gasteiger partial charge in [-0.1, -0.05) is 17.7 Å². The summed E-state index contributed by atoms with van der Waals surface area (Å²) in [5, 5.41) is 7.65. The summed E-state index contributed by atoms with van der Waals surface area (Å²) >= 11 is 0. The molecule has 0 bridgehead atoms. The number of rotatable bonds is 5. The van der Waals surface area contributed by atoms with Crippen molar-refractivity contribution in [2.75, 3.05) is 26.2 Å². The third-order valence-electron chi connectivity index (χ3n) is 5.04. The van der Waals surface area contributed by atoms with Crippen LogP contribution in [0.2, 0.25) is 0 Å². The third-order valence-corrected chi connectivity index (χ3v) is 5.04. The summed E-state index contributed by atoms with van der Waals surface area (Å²) in [4.78, 5) is 11.6. The standard InChI is InChI=1S/C22H28N6O2/c1-4-23-22(28-9-10-29-20(14-28)18-11-25-27(3)13-18)24-12-19-15-30-21(26-19)17-7-5-16(2)6-8-17/h5-8,11,13,15,20H,4,9-10,12,14H2,1-3H3,(H,23,24). The molecule has 1 aromatic carbocycles. The van der Waals surface area contributed by atoms with E-state index in [1.54, 1.807) is 10.9 Å². The van der Waals surface area contributed by atoms with Crippen LogP contribution in [0.25, 0.3) is 11.5 Å². The van der Waals surface area contributed by atoms with Crippen LogP contribution < -0.4 is 5.32 Å². The molecule has 1 atom stereocenters. The monoisotopic (exact) mass is 408 g/mol. The number of aryl methyl sites for hydroxylation is 2. The summed E-state index contributed by atoms with van der Waals surface area (Å²) in [6.07, 6.45) is 5.53. The Balaban J connectivity index is 1.45.